The fourth-order valence-corrected chi connectivity index (χ4v) is 2.36. The van der Waals surface area contributed by atoms with E-state index in [0.29, 0.717) is 5.02 Å². The number of hydrogen-bond donors (Lipinski definition) is 1. The van der Waals surface area contributed by atoms with Crippen LogP contribution >= 0.6 is 11.6 Å². The van der Waals surface area contributed by atoms with Gasteiger partial charge in [-0.05, 0) is 43.5 Å². The average molecular weight is 278 g/mol. The zero-order chi connectivity index (χ0) is 14.0. The lowest BCUT2D eigenvalue weighted by molar-refractivity contribution is 0.787. The second kappa shape index (κ2) is 5.76. The van der Waals surface area contributed by atoms with Gasteiger partial charge in [-0.2, -0.15) is 5.10 Å². The third kappa shape index (κ3) is 2.82. The van der Waals surface area contributed by atoms with Gasteiger partial charge in [-0.15, -0.1) is 0 Å². The predicted octanol–water partition coefficient (Wildman–Crippen LogP) is 3.67. The molecule has 19 heavy (non-hydrogen) atoms. The highest BCUT2D eigenvalue weighted by Crippen LogP contribution is 2.25. The normalized spacial score (nSPS) is 12.7. The second-order valence-corrected chi connectivity index (χ2v) is 5.15. The SMILES string of the molecule is CCc1cc(CC)n(-c2ccc([C@H](C)N)cc2Cl)n1. The first-order valence-corrected chi connectivity index (χ1v) is 7.07. The van der Waals surface area contributed by atoms with Crippen molar-refractivity contribution in [2.24, 2.45) is 5.73 Å². The van der Waals surface area contributed by atoms with Crippen molar-refractivity contribution in [2.75, 3.05) is 0 Å². The van der Waals surface area contributed by atoms with Crippen molar-refractivity contribution < 1.29 is 0 Å². The van der Waals surface area contributed by atoms with E-state index in [9.17, 15) is 0 Å². The van der Waals surface area contributed by atoms with Crippen LogP contribution in [0.5, 0.6) is 0 Å². The van der Waals surface area contributed by atoms with E-state index < -0.39 is 0 Å². The first-order chi connectivity index (χ1) is 9.06. The van der Waals surface area contributed by atoms with Crippen LogP contribution in [0, 0.1) is 0 Å². The molecule has 1 aromatic carbocycles. The van der Waals surface area contributed by atoms with Gasteiger partial charge in [0.2, 0.25) is 0 Å². The summed E-state index contributed by atoms with van der Waals surface area (Å²) >= 11 is 6.37. The fourth-order valence-electron chi connectivity index (χ4n) is 2.09. The molecule has 0 aliphatic carbocycles. The van der Waals surface area contributed by atoms with Gasteiger partial charge in [-0.1, -0.05) is 31.5 Å². The van der Waals surface area contributed by atoms with Gasteiger partial charge >= 0.3 is 0 Å². The molecule has 2 aromatic rings. The second-order valence-electron chi connectivity index (χ2n) is 4.75. The van der Waals surface area contributed by atoms with Crippen molar-refractivity contribution in [1.29, 1.82) is 0 Å². The molecule has 0 radical (unpaired) electrons. The lowest BCUT2D eigenvalue weighted by Crippen LogP contribution is -2.07. The topological polar surface area (TPSA) is 43.8 Å². The Morgan fingerprint density at radius 3 is 2.53 bits per heavy atom. The van der Waals surface area contributed by atoms with Crippen LogP contribution < -0.4 is 5.73 Å². The Kier molecular flexibility index (Phi) is 4.27. The number of nitrogens with two attached hydrogens (primary N) is 1. The van der Waals surface area contributed by atoms with Gasteiger partial charge in [0.25, 0.3) is 0 Å². The van der Waals surface area contributed by atoms with Crippen molar-refractivity contribution in [3.8, 4) is 5.69 Å². The molecule has 2 N–H and O–H groups in total. The molecule has 0 fully saturated rings. The van der Waals surface area contributed by atoms with E-state index in [2.05, 4.69) is 25.0 Å². The molecule has 102 valence electrons. The van der Waals surface area contributed by atoms with E-state index in [4.69, 9.17) is 17.3 Å². The Morgan fingerprint density at radius 1 is 1.26 bits per heavy atom. The van der Waals surface area contributed by atoms with Gasteiger partial charge in [0.1, 0.15) is 0 Å². The van der Waals surface area contributed by atoms with Crippen LogP contribution in [-0.2, 0) is 12.8 Å². The van der Waals surface area contributed by atoms with Crippen LogP contribution in [0.3, 0.4) is 0 Å². The van der Waals surface area contributed by atoms with Gasteiger partial charge in [0.15, 0.2) is 0 Å². The minimum Gasteiger partial charge on any atom is -0.324 e. The molecule has 1 heterocycles. The molecular weight excluding hydrogens is 258 g/mol. The van der Waals surface area contributed by atoms with Crippen molar-refractivity contribution in [1.82, 2.24) is 9.78 Å². The molecule has 0 saturated carbocycles. The van der Waals surface area contributed by atoms with E-state index in [1.54, 1.807) is 0 Å². The molecule has 2 rings (SSSR count). The van der Waals surface area contributed by atoms with Crippen molar-refractivity contribution in [3.05, 3.63) is 46.2 Å². The molecule has 0 amide bonds. The number of aryl methyl sites for hydroxylation is 2. The molecule has 0 saturated heterocycles. The van der Waals surface area contributed by atoms with E-state index in [0.717, 1.165) is 29.8 Å². The molecule has 0 aliphatic heterocycles. The van der Waals surface area contributed by atoms with Gasteiger partial charge in [0, 0.05) is 11.7 Å². The summed E-state index contributed by atoms with van der Waals surface area (Å²) < 4.78 is 1.94. The van der Waals surface area contributed by atoms with E-state index in [1.165, 1.54) is 5.69 Å². The van der Waals surface area contributed by atoms with Crippen LogP contribution in [0.4, 0.5) is 0 Å². The predicted molar refractivity (Wildman–Crippen MR) is 79.9 cm³/mol. The maximum absolute atomic E-state index is 6.37. The molecular formula is C15H20ClN3. The maximum Gasteiger partial charge on any atom is 0.0835 e. The number of aromatic nitrogens is 2. The van der Waals surface area contributed by atoms with E-state index in [-0.39, 0.29) is 6.04 Å². The summed E-state index contributed by atoms with van der Waals surface area (Å²) in [4.78, 5) is 0. The maximum atomic E-state index is 6.37. The third-order valence-electron chi connectivity index (χ3n) is 3.28. The number of hydrogen-bond acceptors (Lipinski definition) is 2. The monoisotopic (exact) mass is 277 g/mol. The van der Waals surface area contributed by atoms with Crippen LogP contribution in [0.1, 0.15) is 43.8 Å². The van der Waals surface area contributed by atoms with E-state index in [1.807, 2.05) is 29.8 Å². The Balaban J connectivity index is 2.49. The number of benzene rings is 1. The Labute approximate surface area is 119 Å². The standard InChI is InChI=1S/C15H20ClN3/c1-4-12-9-13(5-2)19(18-12)15-7-6-11(10(3)17)8-14(15)16/h6-10H,4-5,17H2,1-3H3/t10-/m0/s1. The lowest BCUT2D eigenvalue weighted by atomic mass is 10.1. The molecule has 4 heteroatoms. The molecule has 3 nitrogen and oxygen atoms in total. The van der Waals surface area contributed by atoms with E-state index >= 15 is 0 Å². The summed E-state index contributed by atoms with van der Waals surface area (Å²) in [6, 6.07) is 8.05. The highest BCUT2D eigenvalue weighted by molar-refractivity contribution is 6.32. The molecule has 1 atom stereocenters. The van der Waals surface area contributed by atoms with Gasteiger partial charge in [0.05, 0.1) is 16.4 Å². The molecule has 0 aliphatic rings. The van der Waals surface area contributed by atoms with Crippen molar-refractivity contribution in [3.63, 3.8) is 0 Å². The zero-order valence-corrected chi connectivity index (χ0v) is 12.4. The Hall–Kier alpha value is -1.32. The first kappa shape index (κ1) is 14.1. The number of nitrogens with zero attached hydrogens (tertiary/aromatic N) is 2. The highest BCUT2D eigenvalue weighted by atomic mass is 35.5. The van der Waals surface area contributed by atoms with Gasteiger partial charge < -0.3 is 5.73 Å². The molecule has 0 spiro atoms. The summed E-state index contributed by atoms with van der Waals surface area (Å²) in [6.07, 6.45) is 1.86. The van der Waals surface area contributed by atoms with Crippen LogP contribution in [0.15, 0.2) is 24.3 Å². The van der Waals surface area contributed by atoms with Crippen molar-refractivity contribution in [2.45, 2.75) is 39.7 Å². The van der Waals surface area contributed by atoms with Crippen LogP contribution in [0.25, 0.3) is 5.69 Å². The largest absolute Gasteiger partial charge is 0.324 e. The van der Waals surface area contributed by atoms with Gasteiger partial charge in [-0.3, -0.25) is 0 Å². The smallest absolute Gasteiger partial charge is 0.0835 e. The Morgan fingerprint density at radius 2 is 2.00 bits per heavy atom. The zero-order valence-electron chi connectivity index (χ0n) is 11.7. The third-order valence-corrected chi connectivity index (χ3v) is 3.59. The summed E-state index contributed by atoms with van der Waals surface area (Å²) in [5.74, 6) is 0. The summed E-state index contributed by atoms with van der Waals surface area (Å²) in [5.41, 5.74) is 10.1. The molecule has 1 aromatic heterocycles. The van der Waals surface area contributed by atoms with Crippen LogP contribution in [-0.4, -0.2) is 9.78 Å². The highest BCUT2D eigenvalue weighted by Gasteiger charge is 2.11. The number of halogens is 1. The minimum atomic E-state index is -0.0129. The fraction of sp³-hybridized carbons (Fsp3) is 0.400. The number of rotatable bonds is 4. The molecule has 0 bridgehead atoms. The van der Waals surface area contributed by atoms with Crippen molar-refractivity contribution >= 4 is 11.6 Å². The first-order valence-electron chi connectivity index (χ1n) is 6.70. The quantitative estimate of drug-likeness (QED) is 0.927. The molecule has 0 unspecified atom stereocenters. The van der Waals surface area contributed by atoms with Gasteiger partial charge in [-0.25, -0.2) is 4.68 Å². The summed E-state index contributed by atoms with van der Waals surface area (Å²) in [6.45, 7) is 6.18. The minimum absolute atomic E-state index is 0.0129. The lowest BCUT2D eigenvalue weighted by Gasteiger charge is -2.11. The average Bonchev–Trinajstić information content (AvgIpc) is 2.81. The summed E-state index contributed by atoms with van der Waals surface area (Å²) in [5, 5.41) is 5.30. The van der Waals surface area contributed by atoms with Crippen LogP contribution in [0.2, 0.25) is 5.02 Å². The Bertz CT molecular complexity index is 573. The summed E-state index contributed by atoms with van der Waals surface area (Å²) in [7, 11) is 0.